The number of ether oxygens (including phenoxy) is 3. The molecule has 0 unspecified atom stereocenters. The Balaban J connectivity index is 1.71. The third kappa shape index (κ3) is 3.38. The predicted molar refractivity (Wildman–Crippen MR) is 159 cm³/mol. The highest BCUT2D eigenvalue weighted by Crippen LogP contribution is 2.53. The van der Waals surface area contributed by atoms with Crippen LogP contribution in [0.4, 0.5) is 0 Å². The van der Waals surface area contributed by atoms with Gasteiger partial charge >= 0.3 is 0 Å². The Morgan fingerprint density at radius 3 is 1.62 bits per heavy atom. The largest absolute Gasteiger partial charge is 0.496 e. The van der Waals surface area contributed by atoms with Gasteiger partial charge in [0, 0.05) is 28.1 Å². The van der Waals surface area contributed by atoms with Gasteiger partial charge in [-0.05, 0) is 33.7 Å². The van der Waals surface area contributed by atoms with Gasteiger partial charge in [0.1, 0.15) is 28.4 Å². The van der Waals surface area contributed by atoms with Crippen LogP contribution in [0.2, 0.25) is 0 Å². The van der Waals surface area contributed by atoms with E-state index >= 15 is 0 Å². The number of fused-ring (bicyclic) bond motifs is 5. The van der Waals surface area contributed by atoms with E-state index in [1.165, 1.54) is 0 Å². The van der Waals surface area contributed by atoms with Crippen molar-refractivity contribution in [2.75, 3.05) is 21.3 Å². The van der Waals surface area contributed by atoms with Crippen molar-refractivity contribution in [1.29, 1.82) is 0 Å². The predicted octanol–water partition coefficient (Wildman–Crippen LogP) is 9.25. The summed E-state index contributed by atoms with van der Waals surface area (Å²) in [7, 11) is 5.13. The van der Waals surface area contributed by atoms with E-state index in [0.29, 0.717) is 5.75 Å². The molecule has 0 radical (unpaired) electrons. The second-order valence-electron chi connectivity index (χ2n) is 9.50. The van der Waals surface area contributed by atoms with Crippen LogP contribution in [0.15, 0.2) is 108 Å². The van der Waals surface area contributed by atoms with Crippen LogP contribution in [0.5, 0.6) is 17.2 Å². The molecule has 0 aliphatic heterocycles. The van der Waals surface area contributed by atoms with Gasteiger partial charge in [-0.3, -0.25) is 0 Å². The molecule has 190 valence electrons. The fraction of sp³-hybridized carbons (Fsp3) is 0.0857. The molecule has 4 heteroatoms. The SMILES string of the molecule is COc1ccccc1-c1c2ccccc2c(-c2c(OC)cc3oc4ccccc4c3c2OC)c2ccccc12. The minimum absolute atomic E-state index is 0.693. The molecular weight excluding hydrogens is 484 g/mol. The van der Waals surface area contributed by atoms with Gasteiger partial charge in [-0.2, -0.15) is 0 Å². The van der Waals surface area contributed by atoms with Crippen LogP contribution in [-0.4, -0.2) is 21.3 Å². The highest BCUT2D eigenvalue weighted by atomic mass is 16.5. The molecule has 0 spiro atoms. The Kier molecular flexibility index (Phi) is 5.41. The van der Waals surface area contributed by atoms with Crippen molar-refractivity contribution in [2.45, 2.75) is 0 Å². The van der Waals surface area contributed by atoms with Crippen LogP contribution in [0.3, 0.4) is 0 Å². The molecule has 7 rings (SSSR count). The lowest BCUT2D eigenvalue weighted by Crippen LogP contribution is -1.97. The minimum Gasteiger partial charge on any atom is -0.496 e. The van der Waals surface area contributed by atoms with Gasteiger partial charge in [0.25, 0.3) is 0 Å². The second-order valence-corrected chi connectivity index (χ2v) is 9.50. The van der Waals surface area contributed by atoms with E-state index in [9.17, 15) is 0 Å². The molecule has 7 aromatic rings. The molecule has 0 aliphatic carbocycles. The number of para-hydroxylation sites is 2. The molecule has 0 N–H and O–H groups in total. The van der Waals surface area contributed by atoms with Crippen molar-refractivity contribution in [2.24, 2.45) is 0 Å². The Bertz CT molecular complexity index is 1980. The Labute approximate surface area is 226 Å². The lowest BCUT2D eigenvalue weighted by Gasteiger charge is -2.21. The number of hydrogen-bond donors (Lipinski definition) is 0. The van der Waals surface area contributed by atoms with E-state index in [1.807, 2.05) is 36.4 Å². The molecule has 6 aromatic carbocycles. The third-order valence-corrected chi connectivity index (χ3v) is 7.57. The zero-order valence-corrected chi connectivity index (χ0v) is 21.9. The van der Waals surface area contributed by atoms with E-state index < -0.39 is 0 Å². The summed E-state index contributed by atoms with van der Waals surface area (Å²) in [4.78, 5) is 0. The monoisotopic (exact) mass is 510 g/mol. The van der Waals surface area contributed by atoms with Gasteiger partial charge in [-0.25, -0.2) is 0 Å². The first-order valence-electron chi connectivity index (χ1n) is 12.9. The number of benzene rings is 6. The van der Waals surface area contributed by atoms with Gasteiger partial charge in [-0.1, -0.05) is 84.9 Å². The van der Waals surface area contributed by atoms with Crippen LogP contribution in [0.25, 0.3) is 65.7 Å². The van der Waals surface area contributed by atoms with Crippen molar-refractivity contribution >= 4 is 43.5 Å². The van der Waals surface area contributed by atoms with Crippen molar-refractivity contribution in [1.82, 2.24) is 0 Å². The zero-order valence-electron chi connectivity index (χ0n) is 21.9. The molecule has 0 saturated heterocycles. The standard InChI is InChI=1S/C35H26O4/c1-36-27-18-10-8-16-25(27)31-21-12-4-6-14-23(21)32(24-15-7-5-13-22(24)31)34-29(37-2)20-30-33(35(34)38-3)26-17-9-11-19-28(26)39-30/h4-20H,1-3H3. The summed E-state index contributed by atoms with van der Waals surface area (Å²) in [6.45, 7) is 0. The Morgan fingerprint density at radius 1 is 0.462 bits per heavy atom. The maximum absolute atomic E-state index is 6.23. The maximum atomic E-state index is 6.23. The summed E-state index contributed by atoms with van der Waals surface area (Å²) in [6, 6.07) is 35.3. The van der Waals surface area contributed by atoms with E-state index in [4.69, 9.17) is 18.6 Å². The molecule has 4 nitrogen and oxygen atoms in total. The number of methoxy groups -OCH3 is 3. The van der Waals surface area contributed by atoms with Gasteiger partial charge in [-0.15, -0.1) is 0 Å². The molecule has 39 heavy (non-hydrogen) atoms. The summed E-state index contributed by atoms with van der Waals surface area (Å²) in [5, 5.41) is 6.38. The summed E-state index contributed by atoms with van der Waals surface area (Å²) in [6.07, 6.45) is 0. The first kappa shape index (κ1) is 23.2. The Morgan fingerprint density at radius 2 is 1.00 bits per heavy atom. The molecule has 0 aliphatic rings. The normalized spacial score (nSPS) is 11.5. The van der Waals surface area contributed by atoms with E-state index in [2.05, 4.69) is 66.7 Å². The van der Waals surface area contributed by atoms with Crippen LogP contribution in [0, 0.1) is 0 Å². The first-order valence-corrected chi connectivity index (χ1v) is 12.9. The molecule has 1 heterocycles. The molecule has 1 aromatic heterocycles. The number of furan rings is 1. The maximum Gasteiger partial charge on any atom is 0.142 e. The van der Waals surface area contributed by atoms with Crippen LogP contribution < -0.4 is 14.2 Å². The van der Waals surface area contributed by atoms with Gasteiger partial charge in [0.2, 0.25) is 0 Å². The topological polar surface area (TPSA) is 40.8 Å². The quantitative estimate of drug-likeness (QED) is 0.216. The van der Waals surface area contributed by atoms with Gasteiger partial charge < -0.3 is 18.6 Å². The second kappa shape index (κ2) is 9.10. The zero-order chi connectivity index (χ0) is 26.5. The summed E-state index contributed by atoms with van der Waals surface area (Å²) < 4.78 is 24.3. The first-order chi connectivity index (χ1) is 19.2. The lowest BCUT2D eigenvalue weighted by atomic mass is 9.85. The van der Waals surface area contributed by atoms with E-state index in [0.717, 1.165) is 77.2 Å². The van der Waals surface area contributed by atoms with Crippen molar-refractivity contribution < 1.29 is 18.6 Å². The summed E-state index contributed by atoms with van der Waals surface area (Å²) in [5.74, 6) is 2.26. The van der Waals surface area contributed by atoms with Gasteiger partial charge in [0.15, 0.2) is 0 Å². The number of rotatable bonds is 5. The highest BCUT2D eigenvalue weighted by molar-refractivity contribution is 6.24. The van der Waals surface area contributed by atoms with Crippen LogP contribution >= 0.6 is 0 Å². The highest BCUT2D eigenvalue weighted by Gasteiger charge is 2.26. The van der Waals surface area contributed by atoms with Crippen molar-refractivity contribution in [3.8, 4) is 39.5 Å². The van der Waals surface area contributed by atoms with Crippen molar-refractivity contribution in [3.63, 3.8) is 0 Å². The van der Waals surface area contributed by atoms with Crippen molar-refractivity contribution in [3.05, 3.63) is 103 Å². The average molecular weight is 511 g/mol. The minimum atomic E-state index is 0.693. The summed E-state index contributed by atoms with van der Waals surface area (Å²) in [5.41, 5.74) is 5.68. The lowest BCUT2D eigenvalue weighted by molar-refractivity contribution is 0.400. The molecule has 0 bridgehead atoms. The number of hydrogen-bond acceptors (Lipinski definition) is 4. The van der Waals surface area contributed by atoms with Crippen LogP contribution in [-0.2, 0) is 0 Å². The fourth-order valence-corrected chi connectivity index (χ4v) is 5.97. The molecule has 0 fully saturated rings. The van der Waals surface area contributed by atoms with Crippen LogP contribution in [0.1, 0.15) is 0 Å². The third-order valence-electron chi connectivity index (χ3n) is 7.57. The summed E-state index contributed by atoms with van der Waals surface area (Å²) >= 11 is 0. The Hall–Kier alpha value is -4.96. The molecule has 0 amide bonds. The average Bonchev–Trinajstić information content (AvgIpc) is 3.37. The smallest absolute Gasteiger partial charge is 0.142 e. The van der Waals surface area contributed by atoms with E-state index in [1.54, 1.807) is 21.3 Å². The van der Waals surface area contributed by atoms with Gasteiger partial charge in [0.05, 0.1) is 32.3 Å². The fourth-order valence-electron chi connectivity index (χ4n) is 5.97. The molecule has 0 saturated carbocycles. The molecule has 0 atom stereocenters. The van der Waals surface area contributed by atoms with E-state index in [-0.39, 0.29) is 0 Å². The molecular formula is C35H26O4.